The Morgan fingerprint density at radius 1 is 1.32 bits per heavy atom. The largest absolute Gasteiger partial charge is 0.329 e. The van der Waals surface area contributed by atoms with Gasteiger partial charge in [0.2, 0.25) is 0 Å². The van der Waals surface area contributed by atoms with Crippen LogP contribution in [0.4, 0.5) is 10.1 Å². The van der Waals surface area contributed by atoms with Gasteiger partial charge in [-0.2, -0.15) is 0 Å². The van der Waals surface area contributed by atoms with Gasteiger partial charge < -0.3 is 9.88 Å². The van der Waals surface area contributed by atoms with E-state index in [-0.39, 0.29) is 5.91 Å². The zero-order valence-electron chi connectivity index (χ0n) is 13.6. The molecular weight excluding hydrogens is 452 g/mol. The third-order valence-corrected chi connectivity index (χ3v) is 6.19. The van der Waals surface area contributed by atoms with Gasteiger partial charge in [-0.15, -0.1) is 0 Å². The smallest absolute Gasteiger partial charge is 0.256 e. The molecule has 0 aliphatic heterocycles. The summed E-state index contributed by atoms with van der Waals surface area (Å²) < 4.78 is 16.5. The van der Waals surface area contributed by atoms with Crippen molar-refractivity contribution in [3.8, 4) is 0 Å². The topological polar surface area (TPSA) is 46.9 Å². The highest BCUT2D eigenvalue weighted by Gasteiger charge is 2.15. The van der Waals surface area contributed by atoms with Crippen LogP contribution >= 0.6 is 34.4 Å². The lowest BCUT2D eigenvalue weighted by molar-refractivity contribution is 0.102. The number of nitrogens with one attached hydrogen (secondary N) is 1. The van der Waals surface area contributed by atoms with Crippen LogP contribution in [0.3, 0.4) is 0 Å². The number of aryl methyl sites for hydroxylation is 2. The molecule has 128 valence electrons. The molecule has 25 heavy (non-hydrogen) atoms. The van der Waals surface area contributed by atoms with Crippen molar-refractivity contribution >= 4 is 45.9 Å². The average molecular weight is 467 g/mol. The van der Waals surface area contributed by atoms with Crippen molar-refractivity contribution in [3.63, 3.8) is 0 Å². The van der Waals surface area contributed by atoms with Gasteiger partial charge in [0.25, 0.3) is 5.91 Å². The first kappa shape index (κ1) is 17.9. The molecule has 0 unspecified atom stereocenters. The molecule has 0 bridgehead atoms. The monoisotopic (exact) mass is 467 g/mol. The van der Waals surface area contributed by atoms with Crippen LogP contribution in [-0.4, -0.2) is 15.5 Å². The van der Waals surface area contributed by atoms with E-state index in [4.69, 9.17) is 0 Å². The van der Waals surface area contributed by atoms with Gasteiger partial charge in [-0.25, -0.2) is 9.37 Å². The van der Waals surface area contributed by atoms with Crippen LogP contribution in [0, 0.1) is 16.3 Å². The first-order valence-corrected chi connectivity index (χ1v) is 9.36. The van der Waals surface area contributed by atoms with Gasteiger partial charge in [0.15, 0.2) is 5.16 Å². The third-order valence-electron chi connectivity index (χ3n) is 3.60. The minimum Gasteiger partial charge on any atom is -0.329 e. The SMILES string of the molecule is Cc1cccc(C(=O)Nc2cc(F)ccc2Sc2nccn2C)c1I. The normalized spacial score (nSPS) is 10.7. The van der Waals surface area contributed by atoms with Crippen molar-refractivity contribution in [2.24, 2.45) is 7.05 Å². The molecular formula is C18H15FIN3OS. The van der Waals surface area contributed by atoms with Crippen LogP contribution in [0.2, 0.25) is 0 Å². The maximum absolute atomic E-state index is 13.7. The predicted molar refractivity (Wildman–Crippen MR) is 106 cm³/mol. The molecule has 1 aromatic heterocycles. The molecule has 0 radical (unpaired) electrons. The second-order valence-corrected chi connectivity index (χ2v) is 7.54. The summed E-state index contributed by atoms with van der Waals surface area (Å²) in [5, 5.41) is 3.58. The predicted octanol–water partition coefficient (Wildman–Crippen LogP) is 4.88. The Kier molecular flexibility index (Phi) is 5.43. The summed E-state index contributed by atoms with van der Waals surface area (Å²) in [6.07, 6.45) is 3.53. The zero-order valence-corrected chi connectivity index (χ0v) is 16.6. The quantitative estimate of drug-likeness (QED) is 0.557. The lowest BCUT2D eigenvalue weighted by atomic mass is 10.1. The molecule has 3 aromatic rings. The number of carbonyl (C=O) groups excluding carboxylic acids is 1. The van der Waals surface area contributed by atoms with E-state index in [1.807, 2.05) is 36.9 Å². The fraction of sp³-hybridized carbons (Fsp3) is 0.111. The third kappa shape index (κ3) is 4.04. The Morgan fingerprint density at radius 3 is 2.84 bits per heavy atom. The molecule has 0 atom stereocenters. The maximum atomic E-state index is 13.7. The van der Waals surface area contributed by atoms with Gasteiger partial charge in [-0.3, -0.25) is 4.79 Å². The molecule has 0 saturated heterocycles. The highest BCUT2D eigenvalue weighted by molar-refractivity contribution is 14.1. The fourth-order valence-electron chi connectivity index (χ4n) is 2.25. The standard InChI is InChI=1S/C18H15FIN3OS/c1-11-4-3-5-13(16(11)20)17(24)22-14-10-12(19)6-7-15(14)25-18-21-8-9-23(18)2/h3-10H,1-2H3,(H,22,24). The summed E-state index contributed by atoms with van der Waals surface area (Å²) in [6, 6.07) is 9.88. The summed E-state index contributed by atoms with van der Waals surface area (Å²) in [5.41, 5.74) is 2.02. The van der Waals surface area contributed by atoms with Crippen LogP contribution in [0.25, 0.3) is 0 Å². The number of carbonyl (C=O) groups is 1. The number of hydrogen-bond donors (Lipinski definition) is 1. The van der Waals surface area contributed by atoms with Gasteiger partial charge >= 0.3 is 0 Å². The van der Waals surface area contributed by atoms with E-state index >= 15 is 0 Å². The minimum atomic E-state index is -0.404. The molecule has 2 aromatic carbocycles. The van der Waals surface area contributed by atoms with Crippen LogP contribution in [0.15, 0.2) is 58.8 Å². The second kappa shape index (κ2) is 7.57. The van der Waals surface area contributed by atoms with E-state index in [1.54, 1.807) is 18.3 Å². The summed E-state index contributed by atoms with van der Waals surface area (Å²) in [6.45, 7) is 1.95. The van der Waals surface area contributed by atoms with Crippen molar-refractivity contribution < 1.29 is 9.18 Å². The fourth-order valence-corrected chi connectivity index (χ4v) is 3.73. The number of imidazole rings is 1. The van der Waals surface area contributed by atoms with Crippen molar-refractivity contribution in [1.29, 1.82) is 0 Å². The average Bonchev–Trinajstić information content (AvgIpc) is 2.97. The lowest BCUT2D eigenvalue weighted by Gasteiger charge is -2.12. The van der Waals surface area contributed by atoms with Crippen molar-refractivity contribution in [3.05, 3.63) is 69.3 Å². The summed E-state index contributed by atoms with van der Waals surface area (Å²) in [7, 11) is 1.88. The number of amides is 1. The van der Waals surface area contributed by atoms with Crippen LogP contribution < -0.4 is 5.32 Å². The number of halogens is 2. The Balaban J connectivity index is 1.91. The summed E-state index contributed by atoms with van der Waals surface area (Å²) in [5.74, 6) is -0.668. The van der Waals surface area contributed by atoms with Gasteiger partial charge in [0.1, 0.15) is 5.82 Å². The Labute approximate surface area is 163 Å². The van der Waals surface area contributed by atoms with Crippen molar-refractivity contribution in [2.75, 3.05) is 5.32 Å². The molecule has 1 heterocycles. The summed E-state index contributed by atoms with van der Waals surface area (Å²) >= 11 is 3.52. The highest BCUT2D eigenvalue weighted by atomic mass is 127. The molecule has 7 heteroatoms. The van der Waals surface area contributed by atoms with E-state index in [0.717, 1.165) is 19.2 Å². The van der Waals surface area contributed by atoms with Gasteiger partial charge in [-0.1, -0.05) is 12.1 Å². The zero-order chi connectivity index (χ0) is 18.0. The lowest BCUT2D eigenvalue weighted by Crippen LogP contribution is -2.14. The highest BCUT2D eigenvalue weighted by Crippen LogP contribution is 2.33. The van der Waals surface area contributed by atoms with E-state index in [9.17, 15) is 9.18 Å². The van der Waals surface area contributed by atoms with Gasteiger partial charge in [-0.05, 0) is 71.1 Å². The minimum absolute atomic E-state index is 0.264. The van der Waals surface area contributed by atoms with Gasteiger partial charge in [0.05, 0.1) is 11.3 Å². The molecule has 3 rings (SSSR count). The number of benzene rings is 2. The van der Waals surface area contributed by atoms with E-state index in [1.165, 1.54) is 23.9 Å². The molecule has 0 saturated carbocycles. The number of aromatic nitrogens is 2. The van der Waals surface area contributed by atoms with Crippen LogP contribution in [0.5, 0.6) is 0 Å². The second-order valence-electron chi connectivity index (χ2n) is 5.45. The Morgan fingerprint density at radius 2 is 2.12 bits per heavy atom. The molecule has 0 aliphatic rings. The first-order valence-electron chi connectivity index (χ1n) is 7.47. The first-order chi connectivity index (χ1) is 12.0. The molecule has 1 N–H and O–H groups in total. The number of rotatable bonds is 4. The van der Waals surface area contributed by atoms with E-state index < -0.39 is 5.82 Å². The molecule has 4 nitrogen and oxygen atoms in total. The molecule has 0 fully saturated rings. The number of anilines is 1. The van der Waals surface area contributed by atoms with E-state index in [2.05, 4.69) is 32.9 Å². The number of nitrogens with zero attached hydrogens (tertiary/aromatic N) is 2. The van der Waals surface area contributed by atoms with Crippen molar-refractivity contribution in [2.45, 2.75) is 17.0 Å². The molecule has 0 spiro atoms. The summed E-state index contributed by atoms with van der Waals surface area (Å²) in [4.78, 5) is 17.6. The molecule has 0 aliphatic carbocycles. The van der Waals surface area contributed by atoms with Crippen LogP contribution in [0.1, 0.15) is 15.9 Å². The van der Waals surface area contributed by atoms with Crippen molar-refractivity contribution in [1.82, 2.24) is 9.55 Å². The Bertz CT molecular complexity index is 942. The van der Waals surface area contributed by atoms with E-state index in [0.29, 0.717) is 11.3 Å². The number of hydrogen-bond acceptors (Lipinski definition) is 3. The van der Waals surface area contributed by atoms with Gasteiger partial charge in [0, 0.05) is 27.9 Å². The Hall–Kier alpha value is -1.87. The maximum Gasteiger partial charge on any atom is 0.256 e. The molecule has 1 amide bonds. The van der Waals surface area contributed by atoms with Crippen LogP contribution in [-0.2, 0) is 7.05 Å².